The molecule has 1 unspecified atom stereocenters. The number of halogens is 2. The molecule has 0 saturated carbocycles. The van der Waals surface area contributed by atoms with Gasteiger partial charge in [-0.2, -0.15) is 5.10 Å². The lowest BCUT2D eigenvalue weighted by molar-refractivity contribution is 0.527. The zero-order valence-electron chi connectivity index (χ0n) is 10.8. The average molecular weight is 327 g/mol. The van der Waals surface area contributed by atoms with E-state index in [2.05, 4.69) is 26.5 Å². The Bertz CT molecular complexity index is 582. The summed E-state index contributed by atoms with van der Waals surface area (Å²) in [7, 11) is 1.85. The van der Waals surface area contributed by atoms with Gasteiger partial charge in [-0.1, -0.05) is 15.9 Å². The summed E-state index contributed by atoms with van der Waals surface area (Å²) in [6.07, 6.45) is 2.37. The second-order valence-electron chi connectivity index (χ2n) is 4.50. The maximum atomic E-state index is 13.8. The Kier molecular flexibility index (Phi) is 4.34. The number of nitrogens with two attached hydrogens (primary N) is 1. The van der Waals surface area contributed by atoms with E-state index in [0.29, 0.717) is 12.0 Å². The van der Waals surface area contributed by atoms with Crippen molar-refractivity contribution in [3.05, 3.63) is 51.5 Å². The Balaban J connectivity index is 2.29. The number of benzene rings is 1. The second-order valence-corrected chi connectivity index (χ2v) is 5.42. The van der Waals surface area contributed by atoms with Crippen LogP contribution in [0.2, 0.25) is 0 Å². The van der Waals surface area contributed by atoms with E-state index in [1.54, 1.807) is 16.8 Å². The number of nitrogens with zero attached hydrogens (tertiary/aromatic N) is 2. The number of hydrazine groups is 1. The molecule has 0 radical (unpaired) electrons. The Morgan fingerprint density at radius 1 is 1.53 bits per heavy atom. The molecule has 2 rings (SSSR count). The fraction of sp³-hybridized carbons (Fsp3) is 0.308. The van der Waals surface area contributed by atoms with Crippen LogP contribution >= 0.6 is 15.9 Å². The molecular weight excluding hydrogens is 311 g/mol. The van der Waals surface area contributed by atoms with Crippen molar-refractivity contribution < 1.29 is 4.39 Å². The molecule has 6 heteroatoms. The van der Waals surface area contributed by atoms with Crippen LogP contribution in [0.15, 0.2) is 28.9 Å². The molecule has 0 amide bonds. The molecule has 1 aromatic carbocycles. The number of rotatable bonds is 4. The predicted molar refractivity (Wildman–Crippen MR) is 75.8 cm³/mol. The molecule has 4 nitrogen and oxygen atoms in total. The summed E-state index contributed by atoms with van der Waals surface area (Å²) in [4.78, 5) is 0. The van der Waals surface area contributed by atoms with Crippen molar-refractivity contribution in [2.45, 2.75) is 19.4 Å². The van der Waals surface area contributed by atoms with Crippen molar-refractivity contribution in [1.29, 1.82) is 0 Å². The second kappa shape index (κ2) is 5.81. The van der Waals surface area contributed by atoms with Crippen LogP contribution < -0.4 is 11.3 Å². The zero-order chi connectivity index (χ0) is 14.0. The van der Waals surface area contributed by atoms with Gasteiger partial charge in [-0.15, -0.1) is 0 Å². The molecule has 0 bridgehead atoms. The highest BCUT2D eigenvalue weighted by atomic mass is 79.9. The van der Waals surface area contributed by atoms with Crippen LogP contribution in [0.5, 0.6) is 0 Å². The highest BCUT2D eigenvalue weighted by molar-refractivity contribution is 9.10. The van der Waals surface area contributed by atoms with Crippen LogP contribution in [-0.4, -0.2) is 9.78 Å². The number of aromatic nitrogens is 2. The van der Waals surface area contributed by atoms with Crippen LogP contribution in [0.1, 0.15) is 22.9 Å². The molecule has 0 spiro atoms. The summed E-state index contributed by atoms with van der Waals surface area (Å²) in [6, 6.07) is 4.73. The monoisotopic (exact) mass is 326 g/mol. The summed E-state index contributed by atoms with van der Waals surface area (Å²) < 4.78 is 16.4. The fourth-order valence-electron chi connectivity index (χ4n) is 2.14. The van der Waals surface area contributed by atoms with Gasteiger partial charge in [0.2, 0.25) is 0 Å². The standard InChI is InChI=1S/C13H16BrFN4/c1-8-11(7-19(2)18-8)13(17-16)6-9-5-10(14)3-4-12(9)15/h3-5,7,13,17H,6,16H2,1-2H3. The molecular formula is C13H16BrFN4. The van der Waals surface area contributed by atoms with Crippen LogP contribution in [0, 0.1) is 12.7 Å². The van der Waals surface area contributed by atoms with E-state index >= 15 is 0 Å². The van der Waals surface area contributed by atoms with E-state index in [-0.39, 0.29) is 11.9 Å². The molecule has 0 aliphatic carbocycles. The minimum Gasteiger partial charge on any atom is -0.275 e. The highest BCUT2D eigenvalue weighted by Crippen LogP contribution is 2.23. The lowest BCUT2D eigenvalue weighted by Gasteiger charge is -2.16. The normalized spacial score (nSPS) is 12.7. The van der Waals surface area contributed by atoms with Gasteiger partial charge in [0.25, 0.3) is 0 Å². The highest BCUT2D eigenvalue weighted by Gasteiger charge is 2.17. The molecule has 0 aliphatic heterocycles. The van der Waals surface area contributed by atoms with Gasteiger partial charge in [0.1, 0.15) is 5.82 Å². The fourth-order valence-corrected chi connectivity index (χ4v) is 2.55. The van der Waals surface area contributed by atoms with Crippen molar-refractivity contribution in [2.75, 3.05) is 0 Å². The molecule has 1 aromatic heterocycles. The first-order valence-electron chi connectivity index (χ1n) is 5.91. The van der Waals surface area contributed by atoms with Gasteiger partial charge in [0.05, 0.1) is 11.7 Å². The third-order valence-corrected chi connectivity index (χ3v) is 3.55. The average Bonchev–Trinajstić information content (AvgIpc) is 2.69. The zero-order valence-corrected chi connectivity index (χ0v) is 12.4. The van der Waals surface area contributed by atoms with Gasteiger partial charge in [0.15, 0.2) is 0 Å². The molecule has 19 heavy (non-hydrogen) atoms. The van der Waals surface area contributed by atoms with Crippen LogP contribution in [0.4, 0.5) is 4.39 Å². The van der Waals surface area contributed by atoms with E-state index in [0.717, 1.165) is 15.7 Å². The smallest absolute Gasteiger partial charge is 0.126 e. The van der Waals surface area contributed by atoms with Crippen LogP contribution in [-0.2, 0) is 13.5 Å². The Morgan fingerprint density at radius 3 is 2.84 bits per heavy atom. The lowest BCUT2D eigenvalue weighted by Crippen LogP contribution is -2.30. The van der Waals surface area contributed by atoms with Crippen molar-refractivity contribution in [3.63, 3.8) is 0 Å². The first-order valence-corrected chi connectivity index (χ1v) is 6.70. The third kappa shape index (κ3) is 3.20. The SMILES string of the molecule is Cc1nn(C)cc1C(Cc1cc(Br)ccc1F)NN. The van der Waals surface area contributed by atoms with Gasteiger partial charge in [-0.3, -0.25) is 16.0 Å². The van der Waals surface area contributed by atoms with Gasteiger partial charge in [-0.25, -0.2) is 4.39 Å². The molecule has 102 valence electrons. The maximum absolute atomic E-state index is 13.8. The summed E-state index contributed by atoms with van der Waals surface area (Å²) >= 11 is 3.35. The molecule has 2 aromatic rings. The first kappa shape index (κ1) is 14.2. The minimum atomic E-state index is -0.231. The quantitative estimate of drug-likeness (QED) is 0.670. The van der Waals surface area contributed by atoms with Crippen molar-refractivity contribution in [2.24, 2.45) is 12.9 Å². The topological polar surface area (TPSA) is 55.9 Å². The van der Waals surface area contributed by atoms with Gasteiger partial charge < -0.3 is 0 Å². The summed E-state index contributed by atoms with van der Waals surface area (Å²) in [6.45, 7) is 1.91. The Hall–Kier alpha value is -1.24. The summed E-state index contributed by atoms with van der Waals surface area (Å²) in [5.41, 5.74) is 5.21. The third-order valence-electron chi connectivity index (χ3n) is 3.06. The molecule has 1 heterocycles. The minimum absolute atomic E-state index is 0.169. The van der Waals surface area contributed by atoms with E-state index in [1.807, 2.05) is 20.2 Å². The van der Waals surface area contributed by atoms with Gasteiger partial charge in [-0.05, 0) is 37.1 Å². The largest absolute Gasteiger partial charge is 0.275 e. The number of hydrogen-bond donors (Lipinski definition) is 2. The van der Waals surface area contributed by atoms with Crippen molar-refractivity contribution in [1.82, 2.24) is 15.2 Å². The lowest BCUT2D eigenvalue weighted by atomic mass is 10.00. The predicted octanol–water partition coefficient (Wildman–Crippen LogP) is 2.38. The van der Waals surface area contributed by atoms with Crippen molar-refractivity contribution >= 4 is 15.9 Å². The maximum Gasteiger partial charge on any atom is 0.126 e. The Labute approximate surface area is 119 Å². The van der Waals surface area contributed by atoms with Crippen LogP contribution in [0.3, 0.4) is 0 Å². The molecule has 0 saturated heterocycles. The van der Waals surface area contributed by atoms with Crippen LogP contribution in [0.25, 0.3) is 0 Å². The van der Waals surface area contributed by atoms with E-state index < -0.39 is 0 Å². The van der Waals surface area contributed by atoms with Gasteiger partial charge >= 0.3 is 0 Å². The van der Waals surface area contributed by atoms with Gasteiger partial charge in [0, 0.05) is 23.3 Å². The molecule has 1 atom stereocenters. The van der Waals surface area contributed by atoms with E-state index in [9.17, 15) is 4.39 Å². The Morgan fingerprint density at radius 2 is 2.26 bits per heavy atom. The first-order chi connectivity index (χ1) is 9.01. The number of aryl methyl sites for hydroxylation is 2. The van der Waals surface area contributed by atoms with E-state index in [4.69, 9.17) is 5.84 Å². The van der Waals surface area contributed by atoms with Crippen molar-refractivity contribution in [3.8, 4) is 0 Å². The molecule has 0 aliphatic rings. The number of hydrogen-bond acceptors (Lipinski definition) is 3. The number of nitrogens with one attached hydrogen (secondary N) is 1. The summed E-state index contributed by atoms with van der Waals surface area (Å²) in [5, 5.41) is 4.28. The summed E-state index contributed by atoms with van der Waals surface area (Å²) in [5.74, 6) is 5.37. The van der Waals surface area contributed by atoms with E-state index in [1.165, 1.54) is 6.07 Å². The molecule has 3 N–H and O–H groups in total. The molecule has 0 fully saturated rings.